The zero-order valence-electron chi connectivity index (χ0n) is 44.5. The van der Waals surface area contributed by atoms with Crippen LogP contribution in [0.25, 0.3) is 0 Å². The minimum absolute atomic E-state index is 0.0564. The highest BCUT2D eigenvalue weighted by Gasteiger charge is 2.36. The number of carbonyl (C=O) groups excluding carboxylic acids is 8. The van der Waals surface area contributed by atoms with E-state index in [2.05, 4.69) is 42.5 Å². The van der Waals surface area contributed by atoms with Crippen molar-refractivity contribution < 1.29 is 68.4 Å². The highest BCUT2D eigenvalue weighted by molar-refractivity contribution is 5.98. The van der Waals surface area contributed by atoms with Crippen LogP contribution in [0.15, 0.2) is 84.9 Å². The lowest BCUT2D eigenvalue weighted by Crippen LogP contribution is -2.61. The van der Waals surface area contributed by atoms with Gasteiger partial charge in [0.05, 0.1) is 6.61 Å². The molecule has 8 amide bonds. The number of aliphatic hydroxyl groups excluding tert-OH is 1. The normalized spacial score (nSPS) is 14.9. The highest BCUT2D eigenvalue weighted by atomic mass is 16.4. The number of aromatic hydroxyl groups is 1. The molecule has 0 saturated heterocycles. The van der Waals surface area contributed by atoms with Gasteiger partial charge in [-0.05, 0) is 79.8 Å². The first-order valence-electron chi connectivity index (χ1n) is 25.8. The number of aliphatic hydroxyl groups is 1. The molecule has 0 bridgehead atoms. The van der Waals surface area contributed by atoms with Crippen molar-refractivity contribution in [3.8, 4) is 5.75 Å². The van der Waals surface area contributed by atoms with Crippen molar-refractivity contribution in [2.24, 2.45) is 23.3 Å². The molecule has 16 N–H and O–H groups in total. The van der Waals surface area contributed by atoms with Crippen LogP contribution in [0.4, 0.5) is 0 Å². The summed E-state index contributed by atoms with van der Waals surface area (Å²) >= 11 is 0. The molecule has 0 aliphatic carbocycles. The monoisotopic (exact) mass is 1090 g/mol. The van der Waals surface area contributed by atoms with Gasteiger partial charge in [0.15, 0.2) is 0 Å². The molecule has 0 saturated carbocycles. The summed E-state index contributed by atoms with van der Waals surface area (Å²) in [5.41, 5.74) is 13.3. The van der Waals surface area contributed by atoms with Gasteiger partial charge in [0.1, 0.15) is 60.1 Å². The largest absolute Gasteiger partial charge is 0.508 e. The molecule has 426 valence electrons. The van der Waals surface area contributed by atoms with Gasteiger partial charge in [0.2, 0.25) is 47.3 Å². The van der Waals surface area contributed by atoms with Crippen molar-refractivity contribution in [1.82, 2.24) is 42.5 Å². The van der Waals surface area contributed by atoms with Crippen molar-refractivity contribution in [2.45, 2.75) is 140 Å². The topological polar surface area (TPSA) is 400 Å². The lowest BCUT2D eigenvalue weighted by molar-refractivity contribution is -0.143. The number of carbonyl (C=O) groups is 10. The predicted octanol–water partition coefficient (Wildman–Crippen LogP) is -0.452. The summed E-state index contributed by atoms with van der Waals surface area (Å²) in [7, 11) is 0. The van der Waals surface area contributed by atoms with E-state index in [4.69, 9.17) is 11.5 Å². The Morgan fingerprint density at radius 3 is 1.50 bits per heavy atom. The van der Waals surface area contributed by atoms with Crippen LogP contribution in [-0.2, 0) is 60.8 Å². The number of amides is 8. The lowest BCUT2D eigenvalue weighted by Gasteiger charge is -2.30. The van der Waals surface area contributed by atoms with Gasteiger partial charge < -0.3 is 74.4 Å². The predicted molar refractivity (Wildman–Crippen MR) is 285 cm³/mol. The van der Waals surface area contributed by atoms with Crippen LogP contribution < -0.4 is 54.0 Å². The maximum atomic E-state index is 14.5. The fourth-order valence-electron chi connectivity index (χ4n) is 7.91. The number of hydrogen-bond donors (Lipinski definition) is 14. The van der Waals surface area contributed by atoms with Crippen molar-refractivity contribution in [3.05, 3.63) is 102 Å². The van der Waals surface area contributed by atoms with Gasteiger partial charge in [-0.2, -0.15) is 0 Å². The lowest BCUT2D eigenvalue weighted by atomic mass is 9.96. The van der Waals surface area contributed by atoms with Gasteiger partial charge in [-0.25, -0.2) is 4.79 Å². The molecule has 0 radical (unpaired) electrons. The van der Waals surface area contributed by atoms with Crippen molar-refractivity contribution >= 4 is 59.2 Å². The summed E-state index contributed by atoms with van der Waals surface area (Å²) in [4.78, 5) is 134. The molecule has 0 aliphatic heterocycles. The molecule has 0 spiro atoms. The molecular formula is C54H76N10O14. The molecule has 0 fully saturated rings. The number of hydrogen-bond acceptors (Lipinski definition) is 14. The fourth-order valence-corrected chi connectivity index (χ4v) is 7.91. The number of rotatable bonds is 33. The van der Waals surface area contributed by atoms with Gasteiger partial charge in [-0.15, -0.1) is 0 Å². The third-order valence-corrected chi connectivity index (χ3v) is 12.8. The molecule has 78 heavy (non-hydrogen) atoms. The Bertz CT molecular complexity index is 2480. The van der Waals surface area contributed by atoms with Crippen LogP contribution in [0.1, 0.15) is 95.9 Å². The molecule has 24 heteroatoms. The summed E-state index contributed by atoms with van der Waals surface area (Å²) in [6.07, 6.45) is -0.517. The second-order valence-corrected chi connectivity index (χ2v) is 19.3. The minimum Gasteiger partial charge on any atom is -0.508 e. The molecule has 0 aromatic heterocycles. The zero-order valence-corrected chi connectivity index (χ0v) is 44.5. The number of aliphatic carboxylic acids is 2. The standard InChI is InChI=1S/C54H76N10O14/c1-6-31(4)45(53(76)61-39(27-33-15-9-7-10-16-33)49(72)60-40(28-34-20-22-36(66)23-21-34)50(73)63-44(30(2)3)54(77)78)64-48(71)37(19-13-14-26-55)58-47(70)38(24-25-42(67)68)59-51(74)41(29-65)62-46(69)32(5)57-52(75)43(56)35-17-11-8-12-18-35/h7-12,15-18,20-23,30-32,37-41,43-45,65-66H,6,13-14,19,24-29,55-56H2,1-5H3,(H,57,75)(H,58,70)(H,59,74)(H,60,72)(H,61,76)(H,62,69)(H,63,73)(H,64,71)(H,67,68)(H,77,78)/t31-,32-,37-,38-,39-,40-,41-,43?,44-,45-/m0/s1. The van der Waals surface area contributed by atoms with Crippen molar-refractivity contribution in [2.75, 3.05) is 13.2 Å². The number of unbranched alkanes of at least 4 members (excludes halogenated alkanes) is 1. The second kappa shape index (κ2) is 32.6. The van der Waals surface area contributed by atoms with Crippen LogP contribution in [-0.4, -0.2) is 141 Å². The summed E-state index contributed by atoms with van der Waals surface area (Å²) in [5, 5.41) is 59.6. The van der Waals surface area contributed by atoms with E-state index < -0.39 is 145 Å². The van der Waals surface area contributed by atoms with Crippen LogP contribution in [0, 0.1) is 11.8 Å². The maximum absolute atomic E-state index is 14.5. The molecular weight excluding hydrogens is 1010 g/mol. The van der Waals surface area contributed by atoms with Gasteiger partial charge in [0, 0.05) is 19.3 Å². The fraction of sp³-hybridized carbons (Fsp3) is 0.481. The van der Waals surface area contributed by atoms with E-state index >= 15 is 0 Å². The van der Waals surface area contributed by atoms with Crippen molar-refractivity contribution in [3.63, 3.8) is 0 Å². The van der Waals surface area contributed by atoms with Crippen LogP contribution >= 0.6 is 0 Å². The number of benzene rings is 3. The van der Waals surface area contributed by atoms with Crippen LogP contribution in [0.5, 0.6) is 5.75 Å². The van der Waals surface area contributed by atoms with Gasteiger partial charge in [0.25, 0.3) is 0 Å². The average molecular weight is 1090 g/mol. The summed E-state index contributed by atoms with van der Waals surface area (Å²) in [6, 6.07) is 10.0. The Labute approximate surface area is 453 Å². The SMILES string of the molecule is CC[C@H](C)[C@H](NC(=O)[C@H](CCCCN)NC(=O)[C@H](CCC(=O)O)NC(=O)[C@H](CO)NC(=O)[C@H](C)NC(=O)C(N)c1ccccc1)C(=O)N[C@@H](Cc1ccccc1)C(=O)N[C@@H](Cc1ccc(O)cc1)C(=O)N[C@H](C(=O)O)C(C)C. The third kappa shape index (κ3) is 21.2. The molecule has 1 unspecified atom stereocenters. The van der Waals surface area contributed by atoms with Crippen molar-refractivity contribution in [1.29, 1.82) is 0 Å². The second-order valence-electron chi connectivity index (χ2n) is 19.3. The quantitative estimate of drug-likeness (QED) is 0.0344. The Morgan fingerprint density at radius 2 is 0.974 bits per heavy atom. The van der Waals surface area contributed by atoms with E-state index in [1.807, 2.05) is 0 Å². The molecule has 0 heterocycles. The van der Waals surface area contributed by atoms with Crippen LogP contribution in [0.3, 0.4) is 0 Å². The Kier molecular flexibility index (Phi) is 26.9. The number of carboxylic acid groups (broad SMARTS) is 2. The first-order chi connectivity index (χ1) is 37.0. The van der Waals surface area contributed by atoms with E-state index in [0.717, 1.165) is 0 Å². The Morgan fingerprint density at radius 1 is 0.513 bits per heavy atom. The van der Waals surface area contributed by atoms with E-state index in [9.17, 15) is 68.4 Å². The number of phenolic OH excluding ortho intramolecular Hbond substituents is 1. The zero-order chi connectivity index (χ0) is 58.1. The van der Waals surface area contributed by atoms with E-state index in [1.165, 1.54) is 31.2 Å². The van der Waals surface area contributed by atoms with E-state index in [-0.39, 0.29) is 38.0 Å². The molecule has 0 aliphatic rings. The van der Waals surface area contributed by atoms with Gasteiger partial charge in [-0.3, -0.25) is 43.2 Å². The summed E-state index contributed by atoms with van der Waals surface area (Å²) < 4.78 is 0. The van der Waals surface area contributed by atoms with E-state index in [1.54, 1.807) is 88.4 Å². The molecule has 10 atom stereocenters. The molecule has 3 aromatic carbocycles. The molecule has 3 rings (SSSR count). The van der Waals surface area contributed by atoms with Crippen LogP contribution in [0.2, 0.25) is 0 Å². The number of phenols is 1. The number of carboxylic acids is 2. The molecule has 3 aromatic rings. The summed E-state index contributed by atoms with van der Waals surface area (Å²) in [5.74, 6) is -11.0. The third-order valence-electron chi connectivity index (χ3n) is 12.8. The summed E-state index contributed by atoms with van der Waals surface area (Å²) in [6.45, 7) is 7.11. The first kappa shape index (κ1) is 64.3. The number of nitrogens with two attached hydrogens (primary N) is 2. The molecule has 24 nitrogen and oxygen atoms in total. The highest BCUT2D eigenvalue weighted by Crippen LogP contribution is 2.16. The average Bonchev–Trinajstić information content (AvgIpc) is 3.42. The van der Waals surface area contributed by atoms with Gasteiger partial charge in [-0.1, -0.05) is 107 Å². The van der Waals surface area contributed by atoms with Gasteiger partial charge >= 0.3 is 11.9 Å². The number of nitrogens with one attached hydrogen (secondary N) is 8. The Balaban J connectivity index is 1.89. The first-order valence-corrected chi connectivity index (χ1v) is 25.8. The maximum Gasteiger partial charge on any atom is 0.326 e. The Hall–Kier alpha value is -7.96. The van der Waals surface area contributed by atoms with E-state index in [0.29, 0.717) is 29.5 Å². The smallest absolute Gasteiger partial charge is 0.326 e. The minimum atomic E-state index is -1.71.